The van der Waals surface area contributed by atoms with E-state index >= 15 is 0 Å². The third-order valence-corrected chi connectivity index (χ3v) is 2.99. The van der Waals surface area contributed by atoms with E-state index in [2.05, 4.69) is 10.5 Å². The topological polar surface area (TPSA) is 81.4 Å². The zero-order valence-corrected chi connectivity index (χ0v) is 13.0. The van der Waals surface area contributed by atoms with Crippen LogP contribution < -0.4 is 5.32 Å². The number of nitrogens with zero attached hydrogens (tertiary/aromatic N) is 1. The number of carbonyl (C=O) groups excluding carboxylic acids is 2. The van der Waals surface area contributed by atoms with Crippen LogP contribution in [0.1, 0.15) is 30.4 Å². The van der Waals surface area contributed by atoms with Gasteiger partial charge in [-0.2, -0.15) is 0 Å². The van der Waals surface area contributed by atoms with Crippen molar-refractivity contribution in [2.75, 3.05) is 11.9 Å². The van der Waals surface area contributed by atoms with Gasteiger partial charge in [-0.25, -0.2) is 0 Å². The first-order valence-corrected chi connectivity index (χ1v) is 7.25. The Kier molecular flexibility index (Phi) is 5.68. The second kappa shape index (κ2) is 7.93. The molecule has 0 aliphatic carbocycles. The summed E-state index contributed by atoms with van der Waals surface area (Å²) in [6, 6.07) is 9.66. The third-order valence-electron chi connectivity index (χ3n) is 2.99. The van der Waals surface area contributed by atoms with Crippen LogP contribution in [0.3, 0.4) is 0 Å². The van der Waals surface area contributed by atoms with E-state index in [1.54, 1.807) is 19.9 Å². The van der Waals surface area contributed by atoms with Gasteiger partial charge in [-0.05, 0) is 25.5 Å². The SMILES string of the molecule is CCOC(=O)CC(=O)Nc1c(C)noc1/C=C/c1ccccc1. The van der Waals surface area contributed by atoms with E-state index in [1.165, 1.54) is 0 Å². The fourth-order valence-electron chi connectivity index (χ4n) is 1.92. The molecule has 0 unspecified atom stereocenters. The summed E-state index contributed by atoms with van der Waals surface area (Å²) in [7, 11) is 0. The lowest BCUT2D eigenvalue weighted by molar-refractivity contribution is -0.145. The van der Waals surface area contributed by atoms with Gasteiger partial charge < -0.3 is 14.6 Å². The van der Waals surface area contributed by atoms with Gasteiger partial charge in [0, 0.05) is 0 Å². The van der Waals surface area contributed by atoms with Gasteiger partial charge in [0.15, 0.2) is 5.76 Å². The van der Waals surface area contributed by atoms with Gasteiger partial charge in [0.2, 0.25) is 5.91 Å². The van der Waals surface area contributed by atoms with Crippen LogP contribution in [0.15, 0.2) is 34.9 Å². The number of hydrogen-bond donors (Lipinski definition) is 1. The zero-order chi connectivity index (χ0) is 16.7. The highest BCUT2D eigenvalue weighted by Gasteiger charge is 2.16. The maximum atomic E-state index is 11.9. The summed E-state index contributed by atoms with van der Waals surface area (Å²) in [5.41, 5.74) is 1.98. The smallest absolute Gasteiger partial charge is 0.315 e. The maximum absolute atomic E-state index is 11.9. The van der Waals surface area contributed by atoms with Crippen LogP contribution in [-0.4, -0.2) is 23.6 Å². The highest BCUT2D eigenvalue weighted by atomic mass is 16.5. The lowest BCUT2D eigenvalue weighted by atomic mass is 10.2. The molecule has 0 saturated carbocycles. The molecule has 1 amide bonds. The fraction of sp³-hybridized carbons (Fsp3) is 0.235. The van der Waals surface area contributed by atoms with Crippen molar-refractivity contribution >= 4 is 29.7 Å². The molecule has 0 saturated heterocycles. The van der Waals surface area contributed by atoms with Crippen molar-refractivity contribution in [1.29, 1.82) is 0 Å². The highest BCUT2D eigenvalue weighted by Crippen LogP contribution is 2.22. The molecular formula is C17H18N2O4. The van der Waals surface area contributed by atoms with E-state index < -0.39 is 11.9 Å². The molecule has 0 atom stereocenters. The average molecular weight is 314 g/mol. The second-order valence-corrected chi connectivity index (χ2v) is 4.78. The summed E-state index contributed by atoms with van der Waals surface area (Å²) in [5.74, 6) is -0.617. The molecule has 0 spiro atoms. The van der Waals surface area contributed by atoms with Gasteiger partial charge in [0.25, 0.3) is 0 Å². The number of hydrogen-bond acceptors (Lipinski definition) is 5. The summed E-state index contributed by atoms with van der Waals surface area (Å²) in [6.45, 7) is 3.64. The molecule has 0 bridgehead atoms. The molecule has 120 valence electrons. The Morgan fingerprint density at radius 2 is 2.00 bits per heavy atom. The van der Waals surface area contributed by atoms with Crippen molar-refractivity contribution in [1.82, 2.24) is 5.16 Å². The van der Waals surface area contributed by atoms with Crippen molar-refractivity contribution in [3.8, 4) is 0 Å². The normalized spacial score (nSPS) is 10.7. The molecule has 0 radical (unpaired) electrons. The zero-order valence-electron chi connectivity index (χ0n) is 13.0. The van der Waals surface area contributed by atoms with Crippen LogP contribution in [0.5, 0.6) is 0 Å². The Bertz CT molecular complexity index is 705. The molecule has 6 nitrogen and oxygen atoms in total. The standard InChI is InChI=1S/C17H18N2O4/c1-3-22-16(21)11-15(20)18-17-12(2)19-23-14(17)10-9-13-7-5-4-6-8-13/h4-10H,3,11H2,1-2H3,(H,18,20)/b10-9+. The van der Waals surface area contributed by atoms with E-state index in [0.29, 0.717) is 17.1 Å². The highest BCUT2D eigenvalue weighted by molar-refractivity contribution is 6.03. The summed E-state index contributed by atoms with van der Waals surface area (Å²) in [4.78, 5) is 23.2. The molecule has 2 rings (SSSR count). The molecule has 1 heterocycles. The first-order valence-electron chi connectivity index (χ1n) is 7.25. The lowest BCUT2D eigenvalue weighted by Crippen LogP contribution is -2.18. The number of aryl methyl sites for hydroxylation is 1. The molecule has 0 fully saturated rings. The largest absolute Gasteiger partial charge is 0.466 e. The minimum absolute atomic E-state index is 0.240. The number of ether oxygens (including phenoxy) is 1. The number of nitrogens with one attached hydrogen (secondary N) is 1. The second-order valence-electron chi connectivity index (χ2n) is 4.78. The van der Waals surface area contributed by atoms with E-state index in [4.69, 9.17) is 9.26 Å². The molecular weight excluding hydrogens is 296 g/mol. The van der Waals surface area contributed by atoms with Gasteiger partial charge in [-0.1, -0.05) is 41.6 Å². The van der Waals surface area contributed by atoms with Crippen LogP contribution >= 0.6 is 0 Å². The Morgan fingerprint density at radius 3 is 2.70 bits per heavy atom. The summed E-state index contributed by atoms with van der Waals surface area (Å²) in [5, 5.41) is 6.48. The molecule has 2 aromatic rings. The Hall–Kier alpha value is -2.89. The number of amides is 1. The van der Waals surface area contributed by atoms with Crippen LogP contribution in [0.4, 0.5) is 5.69 Å². The van der Waals surface area contributed by atoms with Gasteiger partial charge in [0.1, 0.15) is 17.8 Å². The molecule has 0 aliphatic rings. The number of aromatic nitrogens is 1. The van der Waals surface area contributed by atoms with Crippen molar-refractivity contribution in [2.45, 2.75) is 20.3 Å². The van der Waals surface area contributed by atoms with Gasteiger partial charge in [-0.3, -0.25) is 9.59 Å². The average Bonchev–Trinajstić information content (AvgIpc) is 2.87. The number of benzene rings is 1. The van der Waals surface area contributed by atoms with Crippen molar-refractivity contribution in [3.63, 3.8) is 0 Å². The van der Waals surface area contributed by atoms with Gasteiger partial charge in [-0.15, -0.1) is 0 Å². The number of carbonyl (C=O) groups is 2. The Labute approximate surface area is 134 Å². The summed E-state index contributed by atoms with van der Waals surface area (Å²) in [6.07, 6.45) is 3.22. The monoisotopic (exact) mass is 314 g/mol. The van der Waals surface area contributed by atoms with Crippen molar-refractivity contribution in [3.05, 3.63) is 47.3 Å². The van der Waals surface area contributed by atoms with E-state index in [0.717, 1.165) is 5.56 Å². The molecule has 1 N–H and O–H groups in total. The molecule has 6 heteroatoms. The van der Waals surface area contributed by atoms with Crippen molar-refractivity contribution in [2.24, 2.45) is 0 Å². The minimum atomic E-state index is -0.569. The number of esters is 1. The lowest BCUT2D eigenvalue weighted by Gasteiger charge is -2.04. The van der Waals surface area contributed by atoms with Crippen LogP contribution in [-0.2, 0) is 14.3 Å². The molecule has 1 aromatic heterocycles. The van der Waals surface area contributed by atoms with Crippen molar-refractivity contribution < 1.29 is 18.8 Å². The summed E-state index contributed by atoms with van der Waals surface area (Å²) >= 11 is 0. The van der Waals surface area contributed by atoms with Crippen LogP contribution in [0.2, 0.25) is 0 Å². The fourth-order valence-corrected chi connectivity index (χ4v) is 1.92. The first-order chi connectivity index (χ1) is 11.1. The minimum Gasteiger partial charge on any atom is -0.466 e. The van der Waals surface area contributed by atoms with Crippen LogP contribution in [0.25, 0.3) is 12.2 Å². The van der Waals surface area contributed by atoms with E-state index in [1.807, 2.05) is 36.4 Å². The number of anilines is 1. The van der Waals surface area contributed by atoms with Gasteiger partial charge in [0.05, 0.1) is 6.61 Å². The third kappa shape index (κ3) is 4.81. The predicted molar refractivity (Wildman–Crippen MR) is 86.5 cm³/mol. The summed E-state index contributed by atoms with van der Waals surface area (Å²) < 4.78 is 9.95. The molecule has 1 aromatic carbocycles. The Balaban J connectivity index is 2.08. The van der Waals surface area contributed by atoms with E-state index in [9.17, 15) is 9.59 Å². The maximum Gasteiger partial charge on any atom is 0.315 e. The van der Waals surface area contributed by atoms with Crippen LogP contribution in [0, 0.1) is 6.92 Å². The van der Waals surface area contributed by atoms with E-state index in [-0.39, 0.29) is 13.0 Å². The number of rotatable bonds is 6. The molecule has 23 heavy (non-hydrogen) atoms. The van der Waals surface area contributed by atoms with Gasteiger partial charge >= 0.3 is 5.97 Å². The predicted octanol–water partition coefficient (Wildman–Crippen LogP) is 3.05. The quantitative estimate of drug-likeness (QED) is 0.654. The Morgan fingerprint density at radius 1 is 1.26 bits per heavy atom. The first kappa shape index (κ1) is 16.5. The molecule has 0 aliphatic heterocycles.